The number of aryl methyl sites for hydroxylation is 1. The van der Waals surface area contributed by atoms with E-state index in [-0.39, 0.29) is 17.9 Å². The van der Waals surface area contributed by atoms with E-state index in [9.17, 15) is 9.59 Å². The first-order valence-corrected chi connectivity index (χ1v) is 9.05. The number of fused-ring (bicyclic) bond motifs is 1. The number of anilines is 3. The topological polar surface area (TPSA) is 61.4 Å². The summed E-state index contributed by atoms with van der Waals surface area (Å²) in [6.45, 7) is 6.25. The highest BCUT2D eigenvalue weighted by atomic mass is 16.2. The van der Waals surface area contributed by atoms with Crippen molar-refractivity contribution >= 4 is 28.9 Å². The summed E-state index contributed by atoms with van der Waals surface area (Å²) >= 11 is 0. The standard InChI is InChI=1S/C21H25N3O2/c1-4-16-5-7-18(8-6-16)23-21(26)14(2)22-19-9-10-20-17(13-19)11-12-24(20)15(3)25/h5-10,13-14,22H,4,11-12H2,1-3H3,(H,23,26)/t14-/m0/s1. The molecule has 0 saturated carbocycles. The van der Waals surface area contributed by atoms with Gasteiger partial charge in [0.2, 0.25) is 11.8 Å². The van der Waals surface area contributed by atoms with Gasteiger partial charge in [-0.05, 0) is 61.2 Å². The number of nitrogens with one attached hydrogen (secondary N) is 2. The van der Waals surface area contributed by atoms with Crippen molar-refractivity contribution in [2.75, 3.05) is 22.1 Å². The Kier molecular flexibility index (Phi) is 5.26. The average Bonchev–Trinajstić information content (AvgIpc) is 3.05. The van der Waals surface area contributed by atoms with Crippen molar-refractivity contribution in [2.24, 2.45) is 0 Å². The summed E-state index contributed by atoms with van der Waals surface area (Å²) in [6, 6.07) is 13.4. The molecule has 3 rings (SSSR count). The molecule has 0 aliphatic carbocycles. The van der Waals surface area contributed by atoms with Crippen LogP contribution in [0.5, 0.6) is 0 Å². The third kappa shape index (κ3) is 3.87. The zero-order valence-electron chi connectivity index (χ0n) is 15.5. The SMILES string of the molecule is CCc1ccc(NC(=O)[C@H](C)Nc2ccc3c(c2)CCN3C(C)=O)cc1. The fraction of sp³-hybridized carbons (Fsp3) is 0.333. The van der Waals surface area contributed by atoms with Crippen LogP contribution in [0, 0.1) is 0 Å². The van der Waals surface area contributed by atoms with Crippen molar-refractivity contribution in [2.45, 2.75) is 39.7 Å². The Hall–Kier alpha value is -2.82. The van der Waals surface area contributed by atoms with Crippen LogP contribution in [-0.4, -0.2) is 24.4 Å². The molecule has 0 bridgehead atoms. The highest BCUT2D eigenvalue weighted by Crippen LogP contribution is 2.30. The minimum absolute atomic E-state index is 0.0614. The van der Waals surface area contributed by atoms with Crippen molar-refractivity contribution in [1.29, 1.82) is 0 Å². The molecular weight excluding hydrogens is 326 g/mol. The Morgan fingerprint density at radius 1 is 1.12 bits per heavy atom. The largest absolute Gasteiger partial charge is 0.374 e. The van der Waals surface area contributed by atoms with Crippen LogP contribution < -0.4 is 15.5 Å². The molecule has 0 unspecified atom stereocenters. The molecule has 1 heterocycles. The number of hydrogen-bond acceptors (Lipinski definition) is 3. The normalized spacial score (nSPS) is 13.9. The van der Waals surface area contributed by atoms with E-state index in [0.717, 1.165) is 42.0 Å². The van der Waals surface area contributed by atoms with E-state index in [1.807, 2.05) is 49.4 Å². The van der Waals surface area contributed by atoms with Crippen LogP contribution in [0.15, 0.2) is 42.5 Å². The van der Waals surface area contributed by atoms with Gasteiger partial charge in [-0.3, -0.25) is 9.59 Å². The van der Waals surface area contributed by atoms with E-state index >= 15 is 0 Å². The molecule has 5 heteroatoms. The molecular formula is C21H25N3O2. The lowest BCUT2D eigenvalue weighted by Crippen LogP contribution is -2.31. The van der Waals surface area contributed by atoms with Crippen molar-refractivity contribution in [3.63, 3.8) is 0 Å². The predicted octanol–water partition coefficient (Wildman–Crippen LogP) is 3.60. The number of carbonyl (C=O) groups is 2. The number of amides is 2. The van der Waals surface area contributed by atoms with Crippen LogP contribution >= 0.6 is 0 Å². The number of rotatable bonds is 5. The number of benzene rings is 2. The van der Waals surface area contributed by atoms with Crippen molar-refractivity contribution in [1.82, 2.24) is 0 Å². The maximum Gasteiger partial charge on any atom is 0.246 e. The minimum Gasteiger partial charge on any atom is -0.374 e. The van der Waals surface area contributed by atoms with Gasteiger partial charge in [-0.25, -0.2) is 0 Å². The maximum atomic E-state index is 12.4. The van der Waals surface area contributed by atoms with Gasteiger partial charge in [0, 0.05) is 30.5 Å². The fourth-order valence-electron chi connectivity index (χ4n) is 3.21. The molecule has 1 aliphatic heterocycles. The predicted molar refractivity (Wildman–Crippen MR) is 106 cm³/mol. The molecule has 2 aromatic rings. The number of carbonyl (C=O) groups excluding carboxylic acids is 2. The van der Waals surface area contributed by atoms with Crippen LogP contribution in [0.2, 0.25) is 0 Å². The summed E-state index contributed by atoms with van der Waals surface area (Å²) in [5.41, 5.74) is 5.03. The second-order valence-corrected chi connectivity index (χ2v) is 6.67. The van der Waals surface area contributed by atoms with Crippen molar-refractivity contribution < 1.29 is 9.59 Å². The van der Waals surface area contributed by atoms with Gasteiger partial charge in [0.1, 0.15) is 6.04 Å². The highest BCUT2D eigenvalue weighted by molar-refractivity contribution is 5.97. The van der Waals surface area contributed by atoms with Crippen molar-refractivity contribution in [3.8, 4) is 0 Å². The van der Waals surface area contributed by atoms with Gasteiger partial charge in [0.25, 0.3) is 0 Å². The van der Waals surface area contributed by atoms with Gasteiger partial charge in [-0.2, -0.15) is 0 Å². The Morgan fingerprint density at radius 2 is 1.81 bits per heavy atom. The van der Waals surface area contributed by atoms with E-state index in [2.05, 4.69) is 17.6 Å². The molecule has 0 spiro atoms. The first kappa shape index (κ1) is 18.0. The third-order valence-corrected chi connectivity index (χ3v) is 4.76. The van der Waals surface area contributed by atoms with Gasteiger partial charge < -0.3 is 15.5 Å². The second-order valence-electron chi connectivity index (χ2n) is 6.67. The minimum atomic E-state index is -0.371. The lowest BCUT2D eigenvalue weighted by atomic mass is 10.1. The lowest BCUT2D eigenvalue weighted by Gasteiger charge is -2.18. The summed E-state index contributed by atoms with van der Waals surface area (Å²) in [7, 11) is 0. The Morgan fingerprint density at radius 3 is 2.46 bits per heavy atom. The van der Waals surface area contributed by atoms with Crippen LogP contribution in [0.1, 0.15) is 31.9 Å². The van der Waals surface area contributed by atoms with Crippen molar-refractivity contribution in [3.05, 3.63) is 53.6 Å². The monoisotopic (exact) mass is 351 g/mol. The van der Waals surface area contributed by atoms with Crippen LogP contribution in [0.4, 0.5) is 17.1 Å². The van der Waals surface area contributed by atoms with Crippen LogP contribution in [0.25, 0.3) is 0 Å². The highest BCUT2D eigenvalue weighted by Gasteiger charge is 2.22. The molecule has 0 aromatic heterocycles. The third-order valence-electron chi connectivity index (χ3n) is 4.76. The molecule has 2 amide bonds. The van der Waals surface area contributed by atoms with E-state index in [1.165, 1.54) is 5.56 Å². The van der Waals surface area contributed by atoms with E-state index < -0.39 is 0 Å². The Bertz CT molecular complexity index is 815. The molecule has 2 N–H and O–H groups in total. The zero-order valence-corrected chi connectivity index (χ0v) is 15.5. The maximum absolute atomic E-state index is 12.4. The quantitative estimate of drug-likeness (QED) is 0.865. The zero-order chi connectivity index (χ0) is 18.7. The molecule has 5 nitrogen and oxygen atoms in total. The average molecular weight is 351 g/mol. The van der Waals surface area contributed by atoms with Crippen LogP contribution in [-0.2, 0) is 22.4 Å². The summed E-state index contributed by atoms with van der Waals surface area (Å²) in [5, 5.41) is 6.18. The number of hydrogen-bond donors (Lipinski definition) is 2. The molecule has 0 saturated heterocycles. The molecule has 136 valence electrons. The lowest BCUT2D eigenvalue weighted by molar-refractivity contribution is -0.117. The second kappa shape index (κ2) is 7.60. The van der Waals surface area contributed by atoms with E-state index in [1.54, 1.807) is 11.8 Å². The molecule has 1 aliphatic rings. The summed E-state index contributed by atoms with van der Waals surface area (Å²) in [5.74, 6) is -0.0218. The van der Waals surface area contributed by atoms with Gasteiger partial charge in [0.15, 0.2) is 0 Å². The molecule has 26 heavy (non-hydrogen) atoms. The first-order chi connectivity index (χ1) is 12.5. The molecule has 0 fully saturated rings. The van der Waals surface area contributed by atoms with Gasteiger partial charge in [-0.15, -0.1) is 0 Å². The molecule has 2 aromatic carbocycles. The first-order valence-electron chi connectivity index (χ1n) is 9.05. The summed E-state index contributed by atoms with van der Waals surface area (Å²) < 4.78 is 0. The van der Waals surface area contributed by atoms with Crippen LogP contribution in [0.3, 0.4) is 0 Å². The Labute approximate surface area is 154 Å². The fourth-order valence-corrected chi connectivity index (χ4v) is 3.21. The molecule has 0 radical (unpaired) electrons. The summed E-state index contributed by atoms with van der Waals surface area (Å²) in [4.78, 5) is 25.8. The Balaban J connectivity index is 1.63. The van der Waals surface area contributed by atoms with E-state index in [0.29, 0.717) is 0 Å². The van der Waals surface area contributed by atoms with Gasteiger partial charge >= 0.3 is 0 Å². The van der Waals surface area contributed by atoms with E-state index in [4.69, 9.17) is 0 Å². The van der Waals surface area contributed by atoms with Gasteiger partial charge in [-0.1, -0.05) is 19.1 Å². The molecule has 1 atom stereocenters. The smallest absolute Gasteiger partial charge is 0.246 e. The van der Waals surface area contributed by atoms with Gasteiger partial charge in [0.05, 0.1) is 0 Å². The summed E-state index contributed by atoms with van der Waals surface area (Å²) in [6.07, 6.45) is 1.82. The number of nitrogens with zero attached hydrogens (tertiary/aromatic N) is 1.